The molecule has 2 aromatic carbocycles. The van der Waals surface area contributed by atoms with Crippen LogP contribution in [0.15, 0.2) is 66.3 Å². The van der Waals surface area contributed by atoms with Crippen LogP contribution >= 0.6 is 11.3 Å². The van der Waals surface area contributed by atoms with Gasteiger partial charge in [0.2, 0.25) is 0 Å². The van der Waals surface area contributed by atoms with E-state index >= 15 is 0 Å². The summed E-state index contributed by atoms with van der Waals surface area (Å²) in [4.78, 5) is 16.5. The number of carbonyl (C=O) groups is 1. The second-order valence-corrected chi connectivity index (χ2v) is 5.15. The zero-order valence-electron chi connectivity index (χ0n) is 10.6. The molecular formula is C16H12N2OS. The van der Waals surface area contributed by atoms with E-state index in [9.17, 15) is 4.79 Å². The summed E-state index contributed by atoms with van der Waals surface area (Å²) in [5, 5.41) is 2.89. The predicted octanol–water partition coefficient (Wildman–Crippen LogP) is 4.06. The number of hydrogen-bond donors (Lipinski definition) is 1. The molecule has 3 rings (SSSR count). The number of hydrogen-bond acceptors (Lipinski definition) is 3. The van der Waals surface area contributed by atoms with Crippen molar-refractivity contribution in [3.8, 4) is 11.1 Å². The highest BCUT2D eigenvalue weighted by Crippen LogP contribution is 2.22. The Morgan fingerprint density at radius 1 is 1.00 bits per heavy atom. The fourth-order valence-corrected chi connectivity index (χ4v) is 2.44. The normalized spacial score (nSPS) is 10.2. The minimum absolute atomic E-state index is 0.127. The van der Waals surface area contributed by atoms with Crippen LogP contribution in [0.4, 0.5) is 5.69 Å². The Morgan fingerprint density at radius 2 is 1.80 bits per heavy atom. The Bertz CT molecular complexity index is 708. The smallest absolute Gasteiger partial charge is 0.267 e. The van der Waals surface area contributed by atoms with Crippen LogP contribution < -0.4 is 5.32 Å². The zero-order valence-corrected chi connectivity index (χ0v) is 11.4. The van der Waals surface area contributed by atoms with E-state index in [0.29, 0.717) is 4.88 Å². The van der Waals surface area contributed by atoms with Gasteiger partial charge >= 0.3 is 0 Å². The molecular weight excluding hydrogens is 268 g/mol. The molecule has 98 valence electrons. The summed E-state index contributed by atoms with van der Waals surface area (Å²) in [5.41, 5.74) is 4.63. The minimum Gasteiger partial charge on any atom is -0.321 e. The van der Waals surface area contributed by atoms with Crippen molar-refractivity contribution >= 4 is 22.9 Å². The number of benzene rings is 2. The fraction of sp³-hybridized carbons (Fsp3) is 0. The number of thiazole rings is 1. The first kappa shape index (κ1) is 12.6. The molecule has 0 unspecified atom stereocenters. The summed E-state index contributed by atoms with van der Waals surface area (Å²) < 4.78 is 0. The van der Waals surface area contributed by atoms with E-state index in [1.807, 2.05) is 54.6 Å². The Hall–Kier alpha value is -2.46. The topological polar surface area (TPSA) is 42.0 Å². The van der Waals surface area contributed by atoms with Gasteiger partial charge in [-0.05, 0) is 23.3 Å². The Morgan fingerprint density at radius 3 is 2.55 bits per heavy atom. The molecule has 0 radical (unpaired) electrons. The molecule has 1 heterocycles. The van der Waals surface area contributed by atoms with Crippen molar-refractivity contribution in [1.29, 1.82) is 0 Å². The maximum Gasteiger partial charge on any atom is 0.267 e. The molecule has 0 aliphatic rings. The molecule has 0 atom stereocenters. The molecule has 3 aromatic rings. The van der Waals surface area contributed by atoms with E-state index in [-0.39, 0.29) is 5.91 Å². The highest BCUT2D eigenvalue weighted by molar-refractivity contribution is 7.11. The monoisotopic (exact) mass is 280 g/mol. The van der Waals surface area contributed by atoms with Crippen LogP contribution in [0.25, 0.3) is 11.1 Å². The number of nitrogens with zero attached hydrogens (tertiary/aromatic N) is 1. The third-order valence-corrected chi connectivity index (χ3v) is 3.66. The minimum atomic E-state index is -0.127. The number of rotatable bonds is 3. The summed E-state index contributed by atoms with van der Waals surface area (Å²) >= 11 is 1.33. The van der Waals surface area contributed by atoms with Gasteiger partial charge in [0.05, 0.1) is 11.7 Å². The van der Waals surface area contributed by atoms with E-state index < -0.39 is 0 Å². The van der Waals surface area contributed by atoms with Crippen LogP contribution in [-0.2, 0) is 0 Å². The number of aromatic nitrogens is 1. The summed E-state index contributed by atoms with van der Waals surface area (Å²) in [5.74, 6) is -0.127. The van der Waals surface area contributed by atoms with Gasteiger partial charge in [0.25, 0.3) is 5.91 Å². The van der Waals surface area contributed by atoms with Crippen molar-refractivity contribution in [2.45, 2.75) is 0 Å². The molecule has 0 aliphatic heterocycles. The quantitative estimate of drug-likeness (QED) is 0.786. The SMILES string of the molecule is O=C(Nc1cccc(-c2ccccc2)c1)c1cncs1. The van der Waals surface area contributed by atoms with Gasteiger partial charge in [-0.15, -0.1) is 11.3 Å². The average Bonchev–Trinajstić information content (AvgIpc) is 3.03. The summed E-state index contributed by atoms with van der Waals surface area (Å²) in [7, 11) is 0. The highest BCUT2D eigenvalue weighted by Gasteiger charge is 2.08. The first-order chi connectivity index (χ1) is 9.83. The van der Waals surface area contributed by atoms with Gasteiger partial charge in [-0.3, -0.25) is 9.78 Å². The summed E-state index contributed by atoms with van der Waals surface area (Å²) in [6.07, 6.45) is 1.57. The lowest BCUT2D eigenvalue weighted by atomic mass is 10.1. The van der Waals surface area contributed by atoms with E-state index in [4.69, 9.17) is 0 Å². The molecule has 1 aromatic heterocycles. The van der Waals surface area contributed by atoms with Crippen molar-refractivity contribution in [3.05, 3.63) is 71.2 Å². The zero-order chi connectivity index (χ0) is 13.8. The largest absolute Gasteiger partial charge is 0.321 e. The van der Waals surface area contributed by atoms with Crippen LogP contribution in [0.1, 0.15) is 9.67 Å². The first-order valence-electron chi connectivity index (χ1n) is 6.18. The van der Waals surface area contributed by atoms with E-state index in [2.05, 4.69) is 10.3 Å². The lowest BCUT2D eigenvalue weighted by Crippen LogP contribution is -2.09. The van der Waals surface area contributed by atoms with Gasteiger partial charge in [-0.2, -0.15) is 0 Å². The highest BCUT2D eigenvalue weighted by atomic mass is 32.1. The molecule has 20 heavy (non-hydrogen) atoms. The molecule has 0 saturated carbocycles. The van der Waals surface area contributed by atoms with Crippen LogP contribution in [0.3, 0.4) is 0 Å². The third-order valence-electron chi connectivity index (χ3n) is 2.88. The van der Waals surface area contributed by atoms with Gasteiger partial charge in [0, 0.05) is 5.69 Å². The van der Waals surface area contributed by atoms with Crippen molar-refractivity contribution in [1.82, 2.24) is 4.98 Å². The number of carbonyl (C=O) groups excluding carboxylic acids is 1. The van der Waals surface area contributed by atoms with E-state index in [1.54, 1.807) is 11.7 Å². The van der Waals surface area contributed by atoms with Crippen molar-refractivity contribution in [2.24, 2.45) is 0 Å². The molecule has 1 amide bonds. The molecule has 0 spiro atoms. The maximum absolute atomic E-state index is 12.0. The second-order valence-electron chi connectivity index (χ2n) is 4.27. The van der Waals surface area contributed by atoms with Crippen LogP contribution in [0, 0.1) is 0 Å². The molecule has 0 saturated heterocycles. The van der Waals surface area contributed by atoms with E-state index in [1.165, 1.54) is 11.3 Å². The molecule has 0 aliphatic carbocycles. The van der Waals surface area contributed by atoms with Gasteiger partial charge < -0.3 is 5.32 Å². The van der Waals surface area contributed by atoms with Gasteiger partial charge in [-0.1, -0.05) is 42.5 Å². The second kappa shape index (κ2) is 5.67. The summed E-state index contributed by atoms with van der Waals surface area (Å²) in [6.45, 7) is 0. The Kier molecular flexibility index (Phi) is 3.56. The van der Waals surface area contributed by atoms with Crippen molar-refractivity contribution in [3.63, 3.8) is 0 Å². The lowest BCUT2D eigenvalue weighted by Gasteiger charge is -2.06. The number of nitrogens with one attached hydrogen (secondary N) is 1. The average molecular weight is 280 g/mol. The Balaban J connectivity index is 1.83. The number of amides is 1. The molecule has 1 N–H and O–H groups in total. The number of anilines is 1. The van der Waals surface area contributed by atoms with Gasteiger partial charge in [-0.25, -0.2) is 0 Å². The molecule has 4 heteroatoms. The van der Waals surface area contributed by atoms with Crippen molar-refractivity contribution < 1.29 is 4.79 Å². The maximum atomic E-state index is 12.0. The standard InChI is InChI=1S/C16H12N2OS/c19-16(15-10-17-11-20-15)18-14-8-4-7-13(9-14)12-5-2-1-3-6-12/h1-11H,(H,18,19). The first-order valence-corrected chi connectivity index (χ1v) is 7.06. The van der Waals surface area contributed by atoms with Gasteiger partial charge in [0.1, 0.15) is 4.88 Å². The predicted molar refractivity (Wildman–Crippen MR) is 81.9 cm³/mol. The summed E-state index contributed by atoms with van der Waals surface area (Å²) in [6, 6.07) is 17.9. The van der Waals surface area contributed by atoms with Crippen LogP contribution in [-0.4, -0.2) is 10.9 Å². The van der Waals surface area contributed by atoms with Crippen LogP contribution in [0.5, 0.6) is 0 Å². The molecule has 0 fully saturated rings. The fourth-order valence-electron chi connectivity index (χ4n) is 1.93. The van der Waals surface area contributed by atoms with Gasteiger partial charge in [0.15, 0.2) is 0 Å². The van der Waals surface area contributed by atoms with E-state index in [0.717, 1.165) is 16.8 Å². The van der Waals surface area contributed by atoms with Crippen LogP contribution in [0.2, 0.25) is 0 Å². The van der Waals surface area contributed by atoms with Crippen molar-refractivity contribution in [2.75, 3.05) is 5.32 Å². The molecule has 3 nitrogen and oxygen atoms in total. The molecule has 0 bridgehead atoms. The Labute approximate surface area is 120 Å². The lowest BCUT2D eigenvalue weighted by molar-refractivity contribution is 0.103. The third kappa shape index (κ3) is 2.75.